The standard InChI is InChI=1S/C19H27NO5/c1-2-3-8-20-9-7-14(16(21)12-20)13-25-19(22)15-5-4-6-17-18(15)24-11-10-23-17/h4-6,14,16,21H,2-3,7-13H2,1H3/t14-,16+/m0/s1. The summed E-state index contributed by atoms with van der Waals surface area (Å²) < 4.78 is 16.5. The zero-order chi connectivity index (χ0) is 17.6. The molecule has 1 saturated heterocycles. The first-order valence-corrected chi connectivity index (χ1v) is 9.15. The van der Waals surface area contributed by atoms with Gasteiger partial charge in [-0.05, 0) is 38.1 Å². The van der Waals surface area contributed by atoms with E-state index in [1.54, 1.807) is 18.2 Å². The summed E-state index contributed by atoms with van der Waals surface area (Å²) in [5, 5.41) is 10.3. The largest absolute Gasteiger partial charge is 0.486 e. The molecule has 1 aromatic rings. The molecule has 0 amide bonds. The lowest BCUT2D eigenvalue weighted by Crippen LogP contribution is -2.45. The number of rotatable bonds is 6. The SMILES string of the molecule is CCCCN1CC[C@@H](COC(=O)c2cccc3c2OCCO3)[C@H](O)C1. The third-order valence-electron chi connectivity index (χ3n) is 4.85. The molecule has 0 bridgehead atoms. The molecule has 2 aliphatic heterocycles. The Morgan fingerprint density at radius 2 is 2.20 bits per heavy atom. The highest BCUT2D eigenvalue weighted by molar-refractivity contribution is 5.93. The Balaban J connectivity index is 1.53. The second-order valence-electron chi connectivity index (χ2n) is 6.70. The first kappa shape index (κ1) is 18.0. The van der Waals surface area contributed by atoms with Gasteiger partial charge in [0.2, 0.25) is 0 Å². The number of aliphatic hydroxyl groups is 1. The van der Waals surface area contributed by atoms with E-state index in [2.05, 4.69) is 11.8 Å². The maximum atomic E-state index is 12.4. The second kappa shape index (κ2) is 8.54. The van der Waals surface area contributed by atoms with Crippen LogP contribution in [0, 0.1) is 5.92 Å². The summed E-state index contributed by atoms with van der Waals surface area (Å²) in [6.45, 7) is 5.91. The van der Waals surface area contributed by atoms with Crippen molar-refractivity contribution in [1.82, 2.24) is 4.90 Å². The first-order valence-electron chi connectivity index (χ1n) is 9.15. The Bertz CT molecular complexity index is 591. The van der Waals surface area contributed by atoms with Crippen LogP contribution in [0.15, 0.2) is 18.2 Å². The molecule has 1 fully saturated rings. The third-order valence-corrected chi connectivity index (χ3v) is 4.85. The van der Waals surface area contributed by atoms with Crippen molar-refractivity contribution < 1.29 is 24.1 Å². The minimum Gasteiger partial charge on any atom is -0.486 e. The second-order valence-corrected chi connectivity index (χ2v) is 6.70. The quantitative estimate of drug-likeness (QED) is 0.793. The van der Waals surface area contributed by atoms with Crippen molar-refractivity contribution in [3.8, 4) is 11.5 Å². The van der Waals surface area contributed by atoms with Crippen LogP contribution in [-0.4, -0.2) is 61.5 Å². The van der Waals surface area contributed by atoms with Gasteiger partial charge in [0.1, 0.15) is 18.8 Å². The monoisotopic (exact) mass is 349 g/mol. The third kappa shape index (κ3) is 4.44. The number of benzene rings is 1. The molecule has 0 unspecified atom stereocenters. The first-order chi connectivity index (χ1) is 12.2. The van der Waals surface area contributed by atoms with Gasteiger partial charge in [-0.2, -0.15) is 0 Å². The summed E-state index contributed by atoms with van der Waals surface area (Å²) in [4.78, 5) is 14.7. The van der Waals surface area contributed by atoms with Crippen LogP contribution < -0.4 is 9.47 Å². The van der Waals surface area contributed by atoms with Crippen molar-refractivity contribution >= 4 is 5.97 Å². The molecular formula is C19H27NO5. The molecule has 6 heteroatoms. The Hall–Kier alpha value is -1.79. The Labute approximate surface area is 148 Å². The molecule has 3 rings (SSSR count). The number of para-hydroxylation sites is 1. The van der Waals surface area contributed by atoms with Gasteiger partial charge in [0.25, 0.3) is 0 Å². The van der Waals surface area contributed by atoms with Gasteiger partial charge >= 0.3 is 5.97 Å². The van der Waals surface area contributed by atoms with Gasteiger partial charge < -0.3 is 24.2 Å². The highest BCUT2D eigenvalue weighted by Gasteiger charge is 2.29. The summed E-state index contributed by atoms with van der Waals surface area (Å²) >= 11 is 0. The molecule has 0 aromatic heterocycles. The number of unbranched alkanes of at least 4 members (excludes halogenated alkanes) is 1. The summed E-state index contributed by atoms with van der Waals surface area (Å²) in [6, 6.07) is 5.21. The average molecular weight is 349 g/mol. The number of piperidine rings is 1. The van der Waals surface area contributed by atoms with E-state index in [9.17, 15) is 9.90 Å². The lowest BCUT2D eigenvalue weighted by Gasteiger charge is -2.35. The number of ether oxygens (including phenoxy) is 3. The van der Waals surface area contributed by atoms with E-state index in [1.807, 2.05) is 0 Å². The molecular weight excluding hydrogens is 322 g/mol. The fraction of sp³-hybridized carbons (Fsp3) is 0.632. The van der Waals surface area contributed by atoms with Crippen LogP contribution in [0.3, 0.4) is 0 Å². The number of fused-ring (bicyclic) bond motifs is 1. The average Bonchev–Trinajstić information content (AvgIpc) is 2.65. The van der Waals surface area contributed by atoms with Gasteiger partial charge in [0.15, 0.2) is 11.5 Å². The summed E-state index contributed by atoms with van der Waals surface area (Å²) in [7, 11) is 0. The van der Waals surface area contributed by atoms with E-state index in [1.165, 1.54) is 0 Å². The van der Waals surface area contributed by atoms with E-state index in [0.717, 1.165) is 32.4 Å². The van der Waals surface area contributed by atoms with Gasteiger partial charge in [0.05, 0.1) is 12.7 Å². The number of esters is 1. The van der Waals surface area contributed by atoms with Crippen LogP contribution in [-0.2, 0) is 4.74 Å². The van der Waals surface area contributed by atoms with Crippen LogP contribution in [0.1, 0.15) is 36.5 Å². The summed E-state index contributed by atoms with van der Waals surface area (Å²) in [5.74, 6) is 0.583. The number of likely N-dealkylation sites (tertiary alicyclic amines) is 1. The van der Waals surface area contributed by atoms with Crippen molar-refractivity contribution in [3.05, 3.63) is 23.8 Å². The Morgan fingerprint density at radius 1 is 1.36 bits per heavy atom. The van der Waals surface area contributed by atoms with Crippen LogP contribution in [0.25, 0.3) is 0 Å². The highest BCUT2D eigenvalue weighted by Crippen LogP contribution is 2.34. The number of β-amino-alcohol motifs (C(OH)–C–C–N with tert-alkyl or cyclic N) is 1. The summed E-state index contributed by atoms with van der Waals surface area (Å²) in [6.07, 6.45) is 2.68. The molecule has 0 saturated carbocycles. The molecule has 1 N–H and O–H groups in total. The maximum Gasteiger partial charge on any atom is 0.342 e. The normalized spacial score (nSPS) is 23.3. The molecule has 0 spiro atoms. The van der Waals surface area contributed by atoms with Crippen molar-refractivity contribution in [2.24, 2.45) is 5.92 Å². The minimum absolute atomic E-state index is 0.0152. The molecule has 0 aliphatic carbocycles. The van der Waals surface area contributed by atoms with Crippen LogP contribution in [0.4, 0.5) is 0 Å². The molecule has 0 radical (unpaired) electrons. The van der Waals surface area contributed by atoms with Gasteiger partial charge in [-0.15, -0.1) is 0 Å². The number of aliphatic hydroxyl groups excluding tert-OH is 1. The van der Waals surface area contributed by atoms with Crippen LogP contribution in [0.2, 0.25) is 0 Å². The number of carbonyl (C=O) groups is 1. The maximum absolute atomic E-state index is 12.4. The van der Waals surface area contributed by atoms with Crippen molar-refractivity contribution in [2.45, 2.75) is 32.3 Å². The number of hydrogen-bond acceptors (Lipinski definition) is 6. The van der Waals surface area contributed by atoms with Gasteiger partial charge in [-0.1, -0.05) is 19.4 Å². The predicted molar refractivity (Wildman–Crippen MR) is 93.2 cm³/mol. The lowest BCUT2D eigenvalue weighted by molar-refractivity contribution is -0.0149. The highest BCUT2D eigenvalue weighted by atomic mass is 16.6. The fourth-order valence-corrected chi connectivity index (χ4v) is 3.32. The Morgan fingerprint density at radius 3 is 3.00 bits per heavy atom. The van der Waals surface area contributed by atoms with Gasteiger partial charge in [-0.25, -0.2) is 4.79 Å². The minimum atomic E-state index is -0.456. The smallest absolute Gasteiger partial charge is 0.342 e. The number of nitrogens with zero attached hydrogens (tertiary/aromatic N) is 1. The van der Waals surface area contributed by atoms with E-state index in [-0.39, 0.29) is 12.5 Å². The van der Waals surface area contributed by atoms with Crippen molar-refractivity contribution in [1.29, 1.82) is 0 Å². The molecule has 2 atom stereocenters. The molecule has 138 valence electrons. The van der Waals surface area contributed by atoms with Gasteiger partial charge in [-0.3, -0.25) is 0 Å². The van der Waals surface area contributed by atoms with E-state index in [4.69, 9.17) is 14.2 Å². The molecule has 1 aromatic carbocycles. The molecule has 2 aliphatic rings. The number of carbonyl (C=O) groups excluding carboxylic acids is 1. The fourth-order valence-electron chi connectivity index (χ4n) is 3.32. The van der Waals surface area contributed by atoms with Crippen LogP contribution in [0.5, 0.6) is 11.5 Å². The molecule has 6 nitrogen and oxygen atoms in total. The van der Waals surface area contributed by atoms with Crippen molar-refractivity contribution in [2.75, 3.05) is 39.5 Å². The topological polar surface area (TPSA) is 68.2 Å². The zero-order valence-electron chi connectivity index (χ0n) is 14.8. The van der Waals surface area contributed by atoms with Crippen LogP contribution >= 0.6 is 0 Å². The van der Waals surface area contributed by atoms with E-state index in [0.29, 0.717) is 36.8 Å². The summed E-state index contributed by atoms with van der Waals surface area (Å²) in [5.41, 5.74) is 0.382. The lowest BCUT2D eigenvalue weighted by atomic mass is 9.94. The van der Waals surface area contributed by atoms with Crippen molar-refractivity contribution in [3.63, 3.8) is 0 Å². The van der Waals surface area contributed by atoms with E-state index < -0.39 is 12.1 Å². The molecule has 2 heterocycles. The van der Waals surface area contributed by atoms with Gasteiger partial charge in [0, 0.05) is 12.5 Å². The number of hydrogen-bond donors (Lipinski definition) is 1. The predicted octanol–water partition coefficient (Wildman–Crippen LogP) is 2.10. The Kier molecular flexibility index (Phi) is 6.15. The van der Waals surface area contributed by atoms with E-state index >= 15 is 0 Å². The zero-order valence-corrected chi connectivity index (χ0v) is 14.8. The molecule has 25 heavy (non-hydrogen) atoms.